The number of hydrogen-bond donors (Lipinski definition) is 1. The average Bonchev–Trinajstić information content (AvgIpc) is 3.14. The molecule has 30 heavy (non-hydrogen) atoms. The Morgan fingerprint density at radius 2 is 1.83 bits per heavy atom. The third-order valence-electron chi connectivity index (χ3n) is 5.96. The van der Waals surface area contributed by atoms with Gasteiger partial charge in [0.25, 0.3) is 0 Å². The van der Waals surface area contributed by atoms with Crippen molar-refractivity contribution in [3.8, 4) is 0 Å². The molecular formula is C25H28N4S. The second-order valence-corrected chi connectivity index (χ2v) is 9.66. The quantitative estimate of drug-likeness (QED) is 0.421. The highest BCUT2D eigenvalue weighted by atomic mass is 32.1. The van der Waals surface area contributed by atoms with Crippen LogP contribution in [0.5, 0.6) is 0 Å². The number of fused-ring (bicyclic) bond motifs is 5. The van der Waals surface area contributed by atoms with E-state index in [4.69, 9.17) is 9.97 Å². The zero-order valence-corrected chi connectivity index (χ0v) is 18.6. The number of benzene rings is 1. The summed E-state index contributed by atoms with van der Waals surface area (Å²) in [6.45, 7) is 5.42. The van der Waals surface area contributed by atoms with Gasteiger partial charge >= 0.3 is 0 Å². The number of anilines is 1. The largest absolute Gasteiger partial charge is 0.368 e. The highest BCUT2D eigenvalue weighted by Gasteiger charge is 2.23. The van der Waals surface area contributed by atoms with Crippen molar-refractivity contribution >= 4 is 37.6 Å². The standard InChI is InChI=1S/C25H28N4S/c1-16(2)14-20-18-10-6-7-11-19(18)21-22-23(30-25(21)29-20)24(28-15-27-22)26-13-12-17-8-4-3-5-9-17/h3-5,8-9,15-16H,6-7,10-14H2,1-2H3,(H,26,27,28). The maximum atomic E-state index is 5.16. The molecule has 5 rings (SSSR count). The number of thiophene rings is 1. The molecule has 1 aliphatic carbocycles. The molecule has 154 valence electrons. The van der Waals surface area contributed by atoms with Crippen LogP contribution in [0, 0.1) is 5.92 Å². The van der Waals surface area contributed by atoms with Gasteiger partial charge in [-0.05, 0) is 61.1 Å². The molecule has 3 aromatic heterocycles. The van der Waals surface area contributed by atoms with E-state index in [1.165, 1.54) is 40.6 Å². The predicted octanol–water partition coefficient (Wildman–Crippen LogP) is 5.97. The lowest BCUT2D eigenvalue weighted by molar-refractivity contribution is 0.615. The minimum absolute atomic E-state index is 0.616. The summed E-state index contributed by atoms with van der Waals surface area (Å²) in [5.74, 6) is 1.55. The normalized spacial score (nSPS) is 13.8. The Hall–Kier alpha value is -2.53. The Labute approximate surface area is 181 Å². The third-order valence-corrected chi connectivity index (χ3v) is 7.04. The maximum Gasteiger partial charge on any atom is 0.147 e. The zero-order chi connectivity index (χ0) is 20.5. The van der Waals surface area contributed by atoms with Crippen molar-refractivity contribution in [3.63, 3.8) is 0 Å². The van der Waals surface area contributed by atoms with Crippen LogP contribution in [0.3, 0.4) is 0 Å². The van der Waals surface area contributed by atoms with E-state index in [2.05, 4.69) is 54.5 Å². The number of nitrogens with zero attached hydrogens (tertiary/aromatic N) is 3. The van der Waals surface area contributed by atoms with Gasteiger partial charge < -0.3 is 5.32 Å². The monoisotopic (exact) mass is 416 g/mol. The molecule has 0 bridgehead atoms. The van der Waals surface area contributed by atoms with Crippen LogP contribution in [0.2, 0.25) is 0 Å². The third kappa shape index (κ3) is 3.67. The molecule has 0 fully saturated rings. The van der Waals surface area contributed by atoms with E-state index in [0.29, 0.717) is 5.92 Å². The molecule has 1 N–H and O–H groups in total. The van der Waals surface area contributed by atoms with E-state index in [-0.39, 0.29) is 0 Å². The lowest BCUT2D eigenvalue weighted by Crippen LogP contribution is -2.11. The van der Waals surface area contributed by atoms with Crippen LogP contribution in [-0.4, -0.2) is 21.5 Å². The fourth-order valence-corrected chi connectivity index (χ4v) is 5.73. The SMILES string of the molecule is CC(C)Cc1nc2sc3c(NCCc4ccccc4)ncnc3c2c2c1CCCC2. The zero-order valence-electron chi connectivity index (χ0n) is 17.7. The van der Waals surface area contributed by atoms with Crippen LogP contribution < -0.4 is 5.32 Å². The van der Waals surface area contributed by atoms with Crippen molar-refractivity contribution in [3.05, 3.63) is 59.0 Å². The lowest BCUT2D eigenvalue weighted by atomic mass is 9.87. The van der Waals surface area contributed by atoms with Crippen molar-refractivity contribution in [2.24, 2.45) is 5.92 Å². The summed E-state index contributed by atoms with van der Waals surface area (Å²) in [5, 5.41) is 4.84. The van der Waals surface area contributed by atoms with Crippen molar-refractivity contribution in [1.82, 2.24) is 15.0 Å². The molecule has 1 aliphatic rings. The number of aromatic nitrogens is 3. The van der Waals surface area contributed by atoms with Crippen LogP contribution in [-0.2, 0) is 25.7 Å². The van der Waals surface area contributed by atoms with Crippen LogP contribution in [0.25, 0.3) is 20.4 Å². The summed E-state index contributed by atoms with van der Waals surface area (Å²) < 4.78 is 1.14. The number of pyridine rings is 1. The van der Waals surface area contributed by atoms with E-state index < -0.39 is 0 Å². The van der Waals surface area contributed by atoms with Crippen molar-refractivity contribution in [1.29, 1.82) is 0 Å². The van der Waals surface area contributed by atoms with Gasteiger partial charge in [0.1, 0.15) is 17.0 Å². The molecule has 0 saturated heterocycles. The second kappa shape index (κ2) is 8.31. The topological polar surface area (TPSA) is 50.7 Å². The first-order valence-corrected chi connectivity index (χ1v) is 11.9. The van der Waals surface area contributed by atoms with Crippen LogP contribution in [0.1, 0.15) is 49.1 Å². The summed E-state index contributed by atoms with van der Waals surface area (Å²) >= 11 is 1.75. The number of nitrogens with one attached hydrogen (secondary N) is 1. The average molecular weight is 417 g/mol. The molecule has 0 saturated carbocycles. The summed E-state index contributed by atoms with van der Waals surface area (Å²) in [5.41, 5.74) is 6.72. The maximum absolute atomic E-state index is 5.16. The highest BCUT2D eigenvalue weighted by Crippen LogP contribution is 2.41. The molecule has 4 nitrogen and oxygen atoms in total. The molecule has 0 atom stereocenters. The van der Waals surface area contributed by atoms with Gasteiger partial charge in [-0.2, -0.15) is 0 Å². The molecule has 4 aromatic rings. The summed E-state index contributed by atoms with van der Waals surface area (Å²) in [6.07, 6.45) is 8.57. The Morgan fingerprint density at radius 3 is 2.63 bits per heavy atom. The van der Waals surface area contributed by atoms with E-state index in [1.807, 2.05) is 0 Å². The second-order valence-electron chi connectivity index (χ2n) is 8.67. The first-order valence-electron chi connectivity index (χ1n) is 11.1. The van der Waals surface area contributed by atoms with Gasteiger partial charge in [-0.3, -0.25) is 0 Å². The first-order chi connectivity index (χ1) is 14.7. The molecule has 0 radical (unpaired) electrons. The summed E-state index contributed by atoms with van der Waals surface area (Å²) in [4.78, 5) is 15.6. The van der Waals surface area contributed by atoms with Gasteiger partial charge in [-0.1, -0.05) is 44.2 Å². The molecule has 3 heterocycles. The predicted molar refractivity (Wildman–Crippen MR) is 127 cm³/mol. The molecule has 0 spiro atoms. The van der Waals surface area contributed by atoms with Crippen LogP contribution >= 0.6 is 11.3 Å². The fraction of sp³-hybridized carbons (Fsp3) is 0.400. The first kappa shape index (κ1) is 19.4. The Bertz CT molecular complexity index is 1180. The Balaban J connectivity index is 1.54. The minimum Gasteiger partial charge on any atom is -0.368 e. The van der Waals surface area contributed by atoms with Crippen molar-refractivity contribution in [2.75, 3.05) is 11.9 Å². The smallest absolute Gasteiger partial charge is 0.147 e. The van der Waals surface area contributed by atoms with Crippen molar-refractivity contribution < 1.29 is 0 Å². The highest BCUT2D eigenvalue weighted by molar-refractivity contribution is 7.26. The summed E-state index contributed by atoms with van der Waals surface area (Å²) in [7, 11) is 0. The van der Waals surface area contributed by atoms with Gasteiger partial charge in [0.15, 0.2) is 0 Å². The van der Waals surface area contributed by atoms with Gasteiger partial charge in [0.05, 0.1) is 10.2 Å². The van der Waals surface area contributed by atoms with Gasteiger partial charge in [0.2, 0.25) is 0 Å². The van der Waals surface area contributed by atoms with Crippen molar-refractivity contribution in [2.45, 2.75) is 52.4 Å². The van der Waals surface area contributed by atoms with E-state index in [9.17, 15) is 0 Å². The number of hydrogen-bond acceptors (Lipinski definition) is 5. The van der Waals surface area contributed by atoms with Crippen LogP contribution in [0.15, 0.2) is 36.7 Å². The van der Waals surface area contributed by atoms with Crippen LogP contribution in [0.4, 0.5) is 5.82 Å². The molecular weight excluding hydrogens is 388 g/mol. The van der Waals surface area contributed by atoms with Gasteiger partial charge in [0, 0.05) is 17.6 Å². The minimum atomic E-state index is 0.616. The number of rotatable bonds is 6. The molecule has 5 heteroatoms. The lowest BCUT2D eigenvalue weighted by Gasteiger charge is -2.20. The molecule has 1 aromatic carbocycles. The summed E-state index contributed by atoms with van der Waals surface area (Å²) in [6, 6.07) is 10.6. The van der Waals surface area contributed by atoms with E-state index in [0.717, 1.165) is 53.1 Å². The van der Waals surface area contributed by atoms with Gasteiger partial charge in [-0.15, -0.1) is 11.3 Å². The Morgan fingerprint density at radius 1 is 1.03 bits per heavy atom. The molecule has 0 aliphatic heterocycles. The molecule has 0 amide bonds. The van der Waals surface area contributed by atoms with E-state index in [1.54, 1.807) is 17.7 Å². The van der Waals surface area contributed by atoms with Gasteiger partial charge in [-0.25, -0.2) is 15.0 Å². The fourth-order valence-electron chi connectivity index (χ4n) is 4.59. The molecule has 0 unspecified atom stereocenters. The number of aryl methyl sites for hydroxylation is 1. The van der Waals surface area contributed by atoms with E-state index >= 15 is 0 Å². The Kier molecular flexibility index (Phi) is 5.38.